The lowest BCUT2D eigenvalue weighted by Crippen LogP contribution is -2.51. The highest BCUT2D eigenvalue weighted by Gasteiger charge is 2.28. The highest BCUT2D eigenvalue weighted by molar-refractivity contribution is 5.93. The van der Waals surface area contributed by atoms with Crippen LogP contribution in [0.2, 0.25) is 0 Å². The number of ether oxygens (including phenoxy) is 1. The maximum atomic E-state index is 12.5. The summed E-state index contributed by atoms with van der Waals surface area (Å²) in [6, 6.07) is 6.34. The zero-order valence-electron chi connectivity index (χ0n) is 14.5. The monoisotopic (exact) mass is 319 g/mol. The number of likely N-dealkylation sites (tertiary alicyclic amines) is 1. The maximum Gasteiger partial charge on any atom is 0.238 e. The van der Waals surface area contributed by atoms with Gasteiger partial charge in [0.1, 0.15) is 0 Å². The van der Waals surface area contributed by atoms with Crippen LogP contribution >= 0.6 is 0 Å². The molecule has 0 bridgehead atoms. The molecule has 1 aliphatic rings. The first kappa shape index (κ1) is 17.9. The topological polar surface area (TPSA) is 67.6 Å². The molecule has 5 nitrogen and oxygen atoms in total. The van der Waals surface area contributed by atoms with Gasteiger partial charge in [0, 0.05) is 31.9 Å². The van der Waals surface area contributed by atoms with Gasteiger partial charge in [-0.1, -0.05) is 25.1 Å². The van der Waals surface area contributed by atoms with Gasteiger partial charge in [-0.25, -0.2) is 0 Å². The number of hydrogen-bond acceptors (Lipinski definition) is 4. The van der Waals surface area contributed by atoms with E-state index in [0.29, 0.717) is 13.1 Å². The van der Waals surface area contributed by atoms with Gasteiger partial charge in [-0.3, -0.25) is 9.69 Å². The number of hydrogen-bond donors (Lipinski definition) is 2. The number of benzene rings is 1. The molecule has 2 atom stereocenters. The first-order valence-electron chi connectivity index (χ1n) is 8.44. The molecule has 3 N–H and O–H groups in total. The van der Waals surface area contributed by atoms with Gasteiger partial charge in [-0.2, -0.15) is 0 Å². The van der Waals surface area contributed by atoms with Gasteiger partial charge in [0.15, 0.2) is 0 Å². The molecule has 0 saturated carbocycles. The Balaban J connectivity index is 2.00. The summed E-state index contributed by atoms with van der Waals surface area (Å²) >= 11 is 0. The molecule has 1 fully saturated rings. The van der Waals surface area contributed by atoms with Gasteiger partial charge in [-0.05, 0) is 37.3 Å². The van der Waals surface area contributed by atoms with Crippen LogP contribution in [0, 0.1) is 6.92 Å². The molecule has 1 aromatic carbocycles. The third kappa shape index (κ3) is 4.53. The SMILES string of the molecule is CCc1cccc(C)c1NC(=O)CN1CCC(OC)CC1CN. The molecule has 2 rings (SSSR count). The number of anilines is 1. The van der Waals surface area contributed by atoms with E-state index in [9.17, 15) is 4.79 Å². The number of carbonyl (C=O) groups excluding carboxylic acids is 1. The molecule has 128 valence electrons. The van der Waals surface area contributed by atoms with Crippen LogP contribution in [0.1, 0.15) is 30.9 Å². The molecule has 0 radical (unpaired) electrons. The van der Waals surface area contributed by atoms with Crippen LogP contribution in [0.4, 0.5) is 5.69 Å². The lowest BCUT2D eigenvalue weighted by Gasteiger charge is -2.38. The van der Waals surface area contributed by atoms with Crippen molar-refractivity contribution in [2.45, 2.75) is 45.3 Å². The van der Waals surface area contributed by atoms with E-state index in [1.165, 1.54) is 5.56 Å². The molecule has 1 aromatic rings. The van der Waals surface area contributed by atoms with E-state index in [4.69, 9.17) is 10.5 Å². The Morgan fingerprint density at radius 1 is 1.48 bits per heavy atom. The molecule has 0 aliphatic carbocycles. The third-order valence-corrected chi connectivity index (χ3v) is 4.75. The Labute approximate surface area is 139 Å². The quantitative estimate of drug-likeness (QED) is 0.841. The van der Waals surface area contributed by atoms with E-state index in [1.54, 1.807) is 7.11 Å². The van der Waals surface area contributed by atoms with E-state index in [-0.39, 0.29) is 18.1 Å². The van der Waals surface area contributed by atoms with Crippen molar-refractivity contribution in [2.24, 2.45) is 5.73 Å². The van der Waals surface area contributed by atoms with Crippen molar-refractivity contribution in [2.75, 3.05) is 32.1 Å². The van der Waals surface area contributed by atoms with E-state index < -0.39 is 0 Å². The minimum atomic E-state index is 0.0308. The molecule has 1 amide bonds. The number of rotatable bonds is 6. The van der Waals surface area contributed by atoms with Crippen molar-refractivity contribution in [1.29, 1.82) is 0 Å². The molecule has 1 heterocycles. The van der Waals surface area contributed by atoms with Crippen molar-refractivity contribution in [3.8, 4) is 0 Å². The highest BCUT2D eigenvalue weighted by Crippen LogP contribution is 2.22. The number of methoxy groups -OCH3 is 1. The van der Waals surface area contributed by atoms with Crippen LogP contribution < -0.4 is 11.1 Å². The van der Waals surface area contributed by atoms with Gasteiger partial charge >= 0.3 is 0 Å². The summed E-state index contributed by atoms with van der Waals surface area (Å²) in [6.45, 7) is 5.92. The van der Waals surface area contributed by atoms with Gasteiger partial charge in [0.2, 0.25) is 5.91 Å². The molecule has 1 saturated heterocycles. The normalized spacial score (nSPS) is 22.1. The predicted molar refractivity (Wildman–Crippen MR) is 93.6 cm³/mol. The van der Waals surface area contributed by atoms with E-state index in [0.717, 1.165) is 37.1 Å². The summed E-state index contributed by atoms with van der Waals surface area (Å²) in [5, 5.41) is 3.09. The van der Waals surface area contributed by atoms with Crippen LogP contribution in [-0.2, 0) is 16.0 Å². The van der Waals surface area contributed by atoms with Crippen LogP contribution in [0.3, 0.4) is 0 Å². The summed E-state index contributed by atoms with van der Waals surface area (Å²) in [7, 11) is 1.74. The molecule has 2 unspecified atom stereocenters. The van der Waals surface area contributed by atoms with Crippen molar-refractivity contribution in [1.82, 2.24) is 4.90 Å². The molecular formula is C18H29N3O2. The highest BCUT2D eigenvalue weighted by atomic mass is 16.5. The van der Waals surface area contributed by atoms with Crippen molar-refractivity contribution < 1.29 is 9.53 Å². The van der Waals surface area contributed by atoms with Crippen LogP contribution in [0.25, 0.3) is 0 Å². The van der Waals surface area contributed by atoms with Gasteiger partial charge in [-0.15, -0.1) is 0 Å². The first-order chi connectivity index (χ1) is 11.1. The molecule has 23 heavy (non-hydrogen) atoms. The Kier molecular flexibility index (Phi) is 6.57. The van der Waals surface area contributed by atoms with Crippen LogP contribution in [-0.4, -0.2) is 49.7 Å². The summed E-state index contributed by atoms with van der Waals surface area (Å²) in [5.74, 6) is 0.0308. The Morgan fingerprint density at radius 3 is 2.91 bits per heavy atom. The first-order valence-corrected chi connectivity index (χ1v) is 8.44. The molecule has 5 heteroatoms. The van der Waals surface area contributed by atoms with Crippen molar-refractivity contribution in [3.05, 3.63) is 29.3 Å². The lowest BCUT2D eigenvalue weighted by atomic mass is 9.99. The summed E-state index contributed by atoms with van der Waals surface area (Å²) < 4.78 is 5.44. The standard InChI is InChI=1S/C18H29N3O2/c1-4-14-7-5-6-13(2)18(14)20-17(22)12-21-9-8-16(23-3)10-15(21)11-19/h5-7,15-16H,4,8-12,19H2,1-3H3,(H,20,22). The third-order valence-electron chi connectivity index (χ3n) is 4.75. The predicted octanol–water partition coefficient (Wildman–Crippen LogP) is 1.93. The number of nitrogens with zero attached hydrogens (tertiary/aromatic N) is 1. The average Bonchev–Trinajstić information content (AvgIpc) is 2.57. The average molecular weight is 319 g/mol. The van der Waals surface area contributed by atoms with Crippen LogP contribution in [0.15, 0.2) is 18.2 Å². The Morgan fingerprint density at radius 2 is 2.26 bits per heavy atom. The van der Waals surface area contributed by atoms with Gasteiger partial charge in [0.05, 0.1) is 12.6 Å². The zero-order chi connectivity index (χ0) is 16.8. The Hall–Kier alpha value is -1.43. The summed E-state index contributed by atoms with van der Waals surface area (Å²) in [6.07, 6.45) is 3.00. The number of aryl methyl sites for hydroxylation is 2. The molecule has 0 spiro atoms. The number of carbonyl (C=O) groups is 1. The van der Waals surface area contributed by atoms with E-state index in [2.05, 4.69) is 23.2 Å². The van der Waals surface area contributed by atoms with E-state index in [1.807, 2.05) is 19.1 Å². The zero-order valence-corrected chi connectivity index (χ0v) is 14.5. The molecular weight excluding hydrogens is 290 g/mol. The fraction of sp³-hybridized carbons (Fsp3) is 0.611. The van der Waals surface area contributed by atoms with Gasteiger partial charge < -0.3 is 15.8 Å². The number of piperidine rings is 1. The Bertz CT molecular complexity index is 533. The van der Waals surface area contributed by atoms with Crippen molar-refractivity contribution in [3.63, 3.8) is 0 Å². The summed E-state index contributed by atoms with van der Waals surface area (Å²) in [5.41, 5.74) is 9.11. The second kappa shape index (κ2) is 8.43. The van der Waals surface area contributed by atoms with E-state index >= 15 is 0 Å². The molecule has 0 aromatic heterocycles. The fourth-order valence-corrected chi connectivity index (χ4v) is 3.30. The maximum absolute atomic E-state index is 12.5. The van der Waals surface area contributed by atoms with Crippen molar-refractivity contribution >= 4 is 11.6 Å². The smallest absolute Gasteiger partial charge is 0.238 e. The number of amides is 1. The molecule has 1 aliphatic heterocycles. The number of para-hydroxylation sites is 1. The second-order valence-corrected chi connectivity index (χ2v) is 6.25. The fourth-order valence-electron chi connectivity index (χ4n) is 3.30. The van der Waals surface area contributed by atoms with Crippen LogP contribution in [0.5, 0.6) is 0 Å². The van der Waals surface area contributed by atoms with Gasteiger partial charge in [0.25, 0.3) is 0 Å². The number of nitrogens with one attached hydrogen (secondary N) is 1. The second-order valence-electron chi connectivity index (χ2n) is 6.25. The largest absolute Gasteiger partial charge is 0.381 e. The lowest BCUT2D eigenvalue weighted by molar-refractivity contribution is -0.118. The number of nitrogens with two attached hydrogens (primary N) is 1. The summed E-state index contributed by atoms with van der Waals surface area (Å²) in [4.78, 5) is 14.7. The minimum absolute atomic E-state index is 0.0308. The minimum Gasteiger partial charge on any atom is -0.381 e.